The van der Waals surface area contributed by atoms with Crippen LogP contribution in [0.25, 0.3) is 0 Å². The van der Waals surface area contributed by atoms with Gasteiger partial charge in [0.15, 0.2) is 0 Å². The number of halogens is 1. The van der Waals surface area contributed by atoms with Crippen LogP contribution in [0.1, 0.15) is 5.56 Å². The molecular formula is C13H11BrN2O4. The topological polar surface area (TPSA) is 74.4 Å². The maximum atomic E-state index is 11.7. The lowest BCUT2D eigenvalue weighted by Gasteiger charge is -2.08. The molecule has 2 rings (SSSR count). The Labute approximate surface area is 122 Å². The lowest BCUT2D eigenvalue weighted by molar-refractivity contribution is -0.385. The molecule has 2 aromatic rings. The zero-order valence-electron chi connectivity index (χ0n) is 10.6. The first kappa shape index (κ1) is 14.3. The normalized spacial score (nSPS) is 10.3. The number of benzene rings is 1. The summed E-state index contributed by atoms with van der Waals surface area (Å²) >= 11 is 3.28. The fourth-order valence-electron chi connectivity index (χ4n) is 1.78. The van der Waals surface area contributed by atoms with Crippen LogP contribution in [0, 0.1) is 10.1 Å². The van der Waals surface area contributed by atoms with Gasteiger partial charge in [-0.25, -0.2) is 0 Å². The van der Waals surface area contributed by atoms with Crippen molar-refractivity contribution in [3.05, 3.63) is 67.0 Å². The quantitative estimate of drug-likeness (QED) is 0.634. The highest BCUT2D eigenvalue weighted by atomic mass is 79.9. The highest BCUT2D eigenvalue weighted by Gasteiger charge is 2.11. The average molecular weight is 339 g/mol. The number of aromatic nitrogens is 1. The summed E-state index contributed by atoms with van der Waals surface area (Å²) in [7, 11) is 1.44. The fraction of sp³-hybridized carbons (Fsp3) is 0.154. The molecule has 0 N–H and O–H groups in total. The number of nitro benzene ring substituents is 1. The third-order valence-corrected chi connectivity index (χ3v) is 3.17. The molecule has 0 aliphatic heterocycles. The minimum atomic E-state index is -0.490. The molecule has 0 saturated heterocycles. The van der Waals surface area contributed by atoms with Crippen molar-refractivity contribution >= 4 is 21.6 Å². The van der Waals surface area contributed by atoms with Crippen LogP contribution in [-0.2, 0) is 6.54 Å². The van der Waals surface area contributed by atoms with E-state index in [1.165, 1.54) is 29.9 Å². The van der Waals surface area contributed by atoms with Crippen LogP contribution in [0.3, 0.4) is 0 Å². The summed E-state index contributed by atoms with van der Waals surface area (Å²) in [6, 6.07) is 7.51. The predicted molar refractivity (Wildman–Crippen MR) is 77.2 cm³/mol. The van der Waals surface area contributed by atoms with Gasteiger partial charge in [0.1, 0.15) is 5.75 Å². The molecule has 0 unspecified atom stereocenters. The van der Waals surface area contributed by atoms with E-state index in [2.05, 4.69) is 15.9 Å². The highest BCUT2D eigenvalue weighted by molar-refractivity contribution is 9.10. The van der Waals surface area contributed by atoms with E-state index in [0.29, 0.717) is 11.3 Å². The Hall–Kier alpha value is -2.15. The Balaban J connectivity index is 2.42. The van der Waals surface area contributed by atoms with Gasteiger partial charge in [-0.05, 0) is 33.6 Å². The van der Waals surface area contributed by atoms with Crippen molar-refractivity contribution in [3.8, 4) is 5.75 Å². The zero-order valence-corrected chi connectivity index (χ0v) is 12.2. The largest absolute Gasteiger partial charge is 0.496 e. The molecule has 104 valence electrons. The van der Waals surface area contributed by atoms with E-state index < -0.39 is 4.92 Å². The minimum absolute atomic E-state index is 0.0672. The third-order valence-electron chi connectivity index (χ3n) is 2.70. The summed E-state index contributed by atoms with van der Waals surface area (Å²) in [6.07, 6.45) is 1.63. The number of ether oxygens (including phenoxy) is 1. The SMILES string of the molecule is COc1cc(Cn2cc(Br)ccc2=O)cc([N+](=O)[O-])c1. The van der Waals surface area contributed by atoms with Gasteiger partial charge in [-0.3, -0.25) is 14.9 Å². The molecule has 0 atom stereocenters. The van der Waals surface area contributed by atoms with E-state index in [9.17, 15) is 14.9 Å². The molecule has 6 nitrogen and oxygen atoms in total. The first-order valence-electron chi connectivity index (χ1n) is 5.68. The fourth-order valence-corrected chi connectivity index (χ4v) is 2.16. The van der Waals surface area contributed by atoms with Crippen molar-refractivity contribution in [2.75, 3.05) is 7.11 Å². The number of nitro groups is 1. The zero-order chi connectivity index (χ0) is 14.7. The van der Waals surface area contributed by atoms with Crippen molar-refractivity contribution in [1.29, 1.82) is 0 Å². The summed E-state index contributed by atoms with van der Waals surface area (Å²) in [6.45, 7) is 0.232. The highest BCUT2D eigenvalue weighted by Crippen LogP contribution is 2.23. The molecule has 0 amide bonds. The Morgan fingerprint density at radius 2 is 2.10 bits per heavy atom. The summed E-state index contributed by atoms with van der Waals surface area (Å²) < 4.78 is 7.26. The summed E-state index contributed by atoms with van der Waals surface area (Å²) in [5.41, 5.74) is 0.373. The van der Waals surface area contributed by atoms with Gasteiger partial charge in [-0.2, -0.15) is 0 Å². The molecule has 0 spiro atoms. The van der Waals surface area contributed by atoms with Gasteiger partial charge in [-0.1, -0.05) is 0 Å². The van der Waals surface area contributed by atoms with Crippen molar-refractivity contribution in [1.82, 2.24) is 4.57 Å². The second-order valence-electron chi connectivity index (χ2n) is 4.11. The molecule has 0 fully saturated rings. The third kappa shape index (κ3) is 3.24. The van der Waals surface area contributed by atoms with Gasteiger partial charge < -0.3 is 9.30 Å². The van der Waals surface area contributed by atoms with Crippen LogP contribution in [-0.4, -0.2) is 16.6 Å². The second kappa shape index (κ2) is 5.87. The molecule has 1 aromatic carbocycles. The molecule has 0 aliphatic rings. The maximum Gasteiger partial charge on any atom is 0.273 e. The van der Waals surface area contributed by atoms with E-state index in [1.54, 1.807) is 18.3 Å². The van der Waals surface area contributed by atoms with Crippen molar-refractivity contribution in [2.45, 2.75) is 6.54 Å². The standard InChI is InChI=1S/C13H11BrN2O4/c1-20-12-5-9(4-11(6-12)16(18)19)7-15-8-10(14)2-3-13(15)17/h2-6,8H,7H2,1H3. The van der Waals surface area contributed by atoms with Crippen molar-refractivity contribution in [3.63, 3.8) is 0 Å². The van der Waals surface area contributed by atoms with Crippen LogP contribution in [0.5, 0.6) is 5.75 Å². The first-order valence-corrected chi connectivity index (χ1v) is 6.47. The van der Waals surface area contributed by atoms with Crippen LogP contribution >= 0.6 is 15.9 Å². The molecule has 7 heteroatoms. The van der Waals surface area contributed by atoms with E-state index in [1.807, 2.05) is 0 Å². The van der Waals surface area contributed by atoms with Gasteiger partial charge in [0, 0.05) is 22.8 Å². The molecule has 0 aliphatic carbocycles. The smallest absolute Gasteiger partial charge is 0.273 e. The molecule has 0 saturated carbocycles. The second-order valence-corrected chi connectivity index (χ2v) is 5.03. The van der Waals surface area contributed by atoms with Gasteiger partial charge in [0.2, 0.25) is 0 Å². The first-order chi connectivity index (χ1) is 9.49. The number of hydrogen-bond donors (Lipinski definition) is 0. The molecular weight excluding hydrogens is 328 g/mol. The van der Waals surface area contributed by atoms with E-state index in [-0.39, 0.29) is 17.8 Å². The van der Waals surface area contributed by atoms with Crippen LogP contribution in [0.15, 0.2) is 45.8 Å². The number of pyridine rings is 1. The van der Waals surface area contributed by atoms with Gasteiger partial charge in [0.25, 0.3) is 11.2 Å². The minimum Gasteiger partial charge on any atom is -0.496 e. The monoisotopic (exact) mass is 338 g/mol. The number of nitrogens with zero attached hydrogens (tertiary/aromatic N) is 2. The molecule has 0 radical (unpaired) electrons. The van der Waals surface area contributed by atoms with Gasteiger partial charge in [0.05, 0.1) is 24.6 Å². The molecule has 20 heavy (non-hydrogen) atoms. The molecule has 1 aromatic heterocycles. The lowest BCUT2D eigenvalue weighted by Crippen LogP contribution is -2.18. The van der Waals surface area contributed by atoms with E-state index in [4.69, 9.17) is 4.74 Å². The van der Waals surface area contributed by atoms with E-state index in [0.717, 1.165) is 4.47 Å². The number of methoxy groups -OCH3 is 1. The number of non-ortho nitro benzene ring substituents is 1. The van der Waals surface area contributed by atoms with Gasteiger partial charge in [-0.15, -0.1) is 0 Å². The van der Waals surface area contributed by atoms with Crippen LogP contribution in [0.2, 0.25) is 0 Å². The number of rotatable bonds is 4. The predicted octanol–water partition coefficient (Wildman–Crippen LogP) is 2.58. The Morgan fingerprint density at radius 1 is 1.35 bits per heavy atom. The maximum absolute atomic E-state index is 11.7. The Bertz CT molecular complexity index is 712. The number of hydrogen-bond acceptors (Lipinski definition) is 4. The summed E-state index contributed by atoms with van der Waals surface area (Å²) in [4.78, 5) is 22.1. The van der Waals surface area contributed by atoms with E-state index >= 15 is 0 Å². The lowest BCUT2D eigenvalue weighted by atomic mass is 10.2. The Morgan fingerprint density at radius 3 is 2.75 bits per heavy atom. The van der Waals surface area contributed by atoms with Crippen LogP contribution in [0.4, 0.5) is 5.69 Å². The van der Waals surface area contributed by atoms with Crippen LogP contribution < -0.4 is 10.3 Å². The van der Waals surface area contributed by atoms with Crippen molar-refractivity contribution in [2.24, 2.45) is 0 Å². The molecule has 1 heterocycles. The summed E-state index contributed by atoms with van der Waals surface area (Å²) in [5, 5.41) is 10.9. The summed E-state index contributed by atoms with van der Waals surface area (Å²) in [5.74, 6) is 0.386. The van der Waals surface area contributed by atoms with Gasteiger partial charge >= 0.3 is 0 Å². The van der Waals surface area contributed by atoms with Crippen molar-refractivity contribution < 1.29 is 9.66 Å². The Kier molecular flexibility index (Phi) is 4.19. The molecule has 0 bridgehead atoms. The average Bonchev–Trinajstić information content (AvgIpc) is 2.42.